The van der Waals surface area contributed by atoms with Gasteiger partial charge in [0, 0.05) is 37.1 Å². The number of hydrogen-bond donors (Lipinski definition) is 2. The standard InChI is InChI=1S/C12H20N2O4S/c15-11(16)5-10-8-19-4-2-14(10)12(17)13-6-9-1-3-18-7-9/h9-10H,1-8H2,(H,13,17)(H,15,16). The number of urea groups is 1. The summed E-state index contributed by atoms with van der Waals surface area (Å²) >= 11 is 1.70. The Morgan fingerprint density at radius 2 is 2.32 bits per heavy atom. The predicted octanol–water partition coefficient (Wildman–Crippen LogP) is 0.625. The second-order valence-corrected chi connectivity index (χ2v) is 6.09. The number of hydrogen-bond acceptors (Lipinski definition) is 4. The van der Waals surface area contributed by atoms with Gasteiger partial charge in [-0.05, 0) is 6.42 Å². The van der Waals surface area contributed by atoms with Crippen molar-refractivity contribution in [1.82, 2.24) is 10.2 Å². The van der Waals surface area contributed by atoms with E-state index in [0.717, 1.165) is 18.8 Å². The Kier molecular flexibility index (Phi) is 5.33. The van der Waals surface area contributed by atoms with Crippen LogP contribution in [-0.2, 0) is 9.53 Å². The van der Waals surface area contributed by atoms with Gasteiger partial charge in [0.2, 0.25) is 0 Å². The highest BCUT2D eigenvalue weighted by Crippen LogP contribution is 2.19. The number of carbonyl (C=O) groups is 2. The Labute approximate surface area is 116 Å². The van der Waals surface area contributed by atoms with Gasteiger partial charge in [-0.15, -0.1) is 0 Å². The molecule has 108 valence electrons. The van der Waals surface area contributed by atoms with Crippen LogP contribution in [-0.4, -0.2) is 65.9 Å². The lowest BCUT2D eigenvalue weighted by Gasteiger charge is -2.34. The Balaban J connectivity index is 1.82. The van der Waals surface area contributed by atoms with Crippen molar-refractivity contribution in [3.8, 4) is 0 Å². The lowest BCUT2D eigenvalue weighted by atomic mass is 10.1. The van der Waals surface area contributed by atoms with E-state index in [-0.39, 0.29) is 18.5 Å². The molecule has 0 radical (unpaired) electrons. The largest absolute Gasteiger partial charge is 0.481 e. The van der Waals surface area contributed by atoms with Crippen molar-refractivity contribution in [2.45, 2.75) is 18.9 Å². The lowest BCUT2D eigenvalue weighted by Crippen LogP contribution is -2.51. The van der Waals surface area contributed by atoms with Crippen LogP contribution in [0.25, 0.3) is 0 Å². The van der Waals surface area contributed by atoms with Crippen molar-refractivity contribution in [3.63, 3.8) is 0 Å². The molecule has 2 saturated heterocycles. The van der Waals surface area contributed by atoms with Crippen LogP contribution in [0.15, 0.2) is 0 Å². The fourth-order valence-corrected chi connectivity index (χ4v) is 3.43. The highest BCUT2D eigenvalue weighted by atomic mass is 32.2. The molecule has 0 aromatic rings. The highest BCUT2D eigenvalue weighted by Gasteiger charge is 2.29. The molecule has 7 heteroatoms. The molecule has 2 N–H and O–H groups in total. The van der Waals surface area contributed by atoms with Crippen molar-refractivity contribution < 1.29 is 19.4 Å². The number of aliphatic carboxylic acids is 1. The van der Waals surface area contributed by atoms with Gasteiger partial charge < -0.3 is 20.1 Å². The number of carbonyl (C=O) groups excluding carboxylic acids is 1. The molecule has 2 aliphatic heterocycles. The van der Waals surface area contributed by atoms with E-state index in [1.165, 1.54) is 0 Å². The third kappa shape index (κ3) is 4.28. The van der Waals surface area contributed by atoms with Gasteiger partial charge in [0.05, 0.1) is 19.1 Å². The summed E-state index contributed by atoms with van der Waals surface area (Å²) in [4.78, 5) is 24.6. The van der Waals surface area contributed by atoms with Crippen LogP contribution < -0.4 is 5.32 Å². The molecule has 2 amide bonds. The van der Waals surface area contributed by atoms with E-state index in [2.05, 4.69) is 5.32 Å². The number of nitrogens with zero attached hydrogens (tertiary/aromatic N) is 1. The van der Waals surface area contributed by atoms with Crippen LogP contribution in [0.3, 0.4) is 0 Å². The van der Waals surface area contributed by atoms with Crippen molar-refractivity contribution in [1.29, 1.82) is 0 Å². The molecule has 19 heavy (non-hydrogen) atoms. The average Bonchev–Trinajstić information content (AvgIpc) is 2.89. The Morgan fingerprint density at radius 3 is 3.00 bits per heavy atom. The molecule has 0 aromatic heterocycles. The Morgan fingerprint density at radius 1 is 1.47 bits per heavy atom. The molecule has 2 unspecified atom stereocenters. The van der Waals surface area contributed by atoms with E-state index in [1.54, 1.807) is 16.7 Å². The summed E-state index contributed by atoms with van der Waals surface area (Å²) in [6.45, 7) is 2.70. The van der Waals surface area contributed by atoms with Crippen LogP contribution in [0.2, 0.25) is 0 Å². The number of nitrogens with one attached hydrogen (secondary N) is 1. The molecular formula is C12H20N2O4S. The monoisotopic (exact) mass is 288 g/mol. The normalized spacial score (nSPS) is 27.3. The first-order valence-electron chi connectivity index (χ1n) is 6.58. The van der Waals surface area contributed by atoms with Crippen molar-refractivity contribution in [3.05, 3.63) is 0 Å². The maximum atomic E-state index is 12.1. The predicted molar refractivity (Wildman–Crippen MR) is 72.4 cm³/mol. The van der Waals surface area contributed by atoms with E-state index in [1.807, 2.05) is 0 Å². The number of rotatable bonds is 4. The molecule has 2 heterocycles. The van der Waals surface area contributed by atoms with Gasteiger partial charge in [-0.3, -0.25) is 4.79 Å². The van der Waals surface area contributed by atoms with Crippen molar-refractivity contribution in [2.75, 3.05) is 37.8 Å². The van der Waals surface area contributed by atoms with E-state index in [9.17, 15) is 9.59 Å². The summed E-state index contributed by atoms with van der Waals surface area (Å²) in [7, 11) is 0. The molecule has 2 atom stereocenters. The first kappa shape index (κ1) is 14.5. The van der Waals surface area contributed by atoms with Gasteiger partial charge in [-0.1, -0.05) is 0 Å². The minimum Gasteiger partial charge on any atom is -0.481 e. The number of amides is 2. The van der Waals surface area contributed by atoms with Crippen LogP contribution in [0.4, 0.5) is 4.79 Å². The highest BCUT2D eigenvalue weighted by molar-refractivity contribution is 7.99. The van der Waals surface area contributed by atoms with Gasteiger partial charge in [0.1, 0.15) is 0 Å². The summed E-state index contributed by atoms with van der Waals surface area (Å²) in [5.41, 5.74) is 0. The maximum absolute atomic E-state index is 12.1. The summed E-state index contributed by atoms with van der Waals surface area (Å²) in [5.74, 6) is 1.11. The smallest absolute Gasteiger partial charge is 0.317 e. The zero-order chi connectivity index (χ0) is 13.7. The van der Waals surface area contributed by atoms with Crippen LogP contribution >= 0.6 is 11.8 Å². The lowest BCUT2D eigenvalue weighted by molar-refractivity contribution is -0.137. The van der Waals surface area contributed by atoms with Crippen LogP contribution in [0.1, 0.15) is 12.8 Å². The minimum absolute atomic E-state index is 0.0208. The summed E-state index contributed by atoms with van der Waals surface area (Å²) in [6.07, 6.45) is 1.00. The first-order valence-corrected chi connectivity index (χ1v) is 7.74. The zero-order valence-electron chi connectivity index (χ0n) is 10.8. The van der Waals surface area contributed by atoms with Gasteiger partial charge in [-0.2, -0.15) is 11.8 Å². The molecule has 2 rings (SSSR count). The topological polar surface area (TPSA) is 78.9 Å². The fourth-order valence-electron chi connectivity index (χ4n) is 2.37. The molecule has 0 aliphatic carbocycles. The van der Waals surface area contributed by atoms with E-state index >= 15 is 0 Å². The molecule has 6 nitrogen and oxygen atoms in total. The fraction of sp³-hybridized carbons (Fsp3) is 0.833. The Bertz CT molecular complexity index is 334. The summed E-state index contributed by atoms with van der Waals surface area (Å²) in [6, 6.07) is -0.338. The molecule has 0 saturated carbocycles. The molecule has 2 fully saturated rings. The quantitative estimate of drug-likeness (QED) is 0.793. The SMILES string of the molecule is O=C(O)CC1CSCCN1C(=O)NCC1CCOC1. The van der Waals surface area contributed by atoms with Crippen molar-refractivity contribution >= 4 is 23.8 Å². The number of carboxylic acids is 1. The third-order valence-electron chi connectivity index (χ3n) is 3.46. The van der Waals surface area contributed by atoms with Gasteiger partial charge in [-0.25, -0.2) is 4.79 Å². The molecular weight excluding hydrogens is 268 g/mol. The average molecular weight is 288 g/mol. The second kappa shape index (κ2) is 7.00. The van der Waals surface area contributed by atoms with E-state index < -0.39 is 5.97 Å². The van der Waals surface area contributed by atoms with Gasteiger partial charge in [0.15, 0.2) is 0 Å². The summed E-state index contributed by atoms with van der Waals surface area (Å²) < 4.78 is 5.26. The maximum Gasteiger partial charge on any atom is 0.317 e. The minimum atomic E-state index is -0.852. The van der Waals surface area contributed by atoms with Crippen LogP contribution in [0, 0.1) is 5.92 Å². The number of ether oxygens (including phenoxy) is 1. The van der Waals surface area contributed by atoms with Crippen molar-refractivity contribution in [2.24, 2.45) is 5.92 Å². The van der Waals surface area contributed by atoms with Crippen LogP contribution in [0.5, 0.6) is 0 Å². The molecule has 2 aliphatic rings. The molecule has 0 bridgehead atoms. The molecule has 0 aromatic carbocycles. The first-order chi connectivity index (χ1) is 9.16. The van der Waals surface area contributed by atoms with E-state index in [4.69, 9.17) is 9.84 Å². The number of carboxylic acid groups (broad SMARTS) is 1. The summed E-state index contributed by atoms with van der Waals surface area (Å²) in [5, 5.41) is 11.8. The third-order valence-corrected chi connectivity index (χ3v) is 4.56. The van der Waals surface area contributed by atoms with Gasteiger partial charge >= 0.3 is 12.0 Å². The second-order valence-electron chi connectivity index (χ2n) is 4.94. The van der Waals surface area contributed by atoms with Gasteiger partial charge in [0.25, 0.3) is 0 Å². The zero-order valence-corrected chi connectivity index (χ0v) is 11.7. The van der Waals surface area contributed by atoms with E-state index in [0.29, 0.717) is 31.4 Å². The Hall–Kier alpha value is -0.950. The number of thioether (sulfide) groups is 1. The molecule has 0 spiro atoms.